The molecular weight excluding hydrogens is 286 g/mol. The topological polar surface area (TPSA) is 87.3 Å². The van der Waals surface area contributed by atoms with Crippen LogP contribution in [0.3, 0.4) is 0 Å². The fourth-order valence-corrected chi connectivity index (χ4v) is 2.96. The molecule has 2 aromatic rings. The molecule has 2 aromatic heterocycles. The molecule has 2 heterocycles. The highest BCUT2D eigenvalue weighted by atomic mass is 32.1. The molecule has 4 N–H and O–H groups in total. The third-order valence-electron chi connectivity index (χ3n) is 2.97. The number of pyridine rings is 1. The Morgan fingerprint density at radius 2 is 2.05 bits per heavy atom. The molecule has 0 saturated heterocycles. The molecule has 2 rings (SSSR count). The van der Waals surface area contributed by atoms with Gasteiger partial charge in [-0.25, -0.2) is 0 Å². The minimum absolute atomic E-state index is 0.422. The highest BCUT2D eigenvalue weighted by Crippen LogP contribution is 2.36. The van der Waals surface area contributed by atoms with Crippen molar-refractivity contribution in [2.24, 2.45) is 0 Å². The number of anilines is 2. The third kappa shape index (κ3) is 4.13. The van der Waals surface area contributed by atoms with Gasteiger partial charge < -0.3 is 21.1 Å². The fraction of sp³-hybridized carbons (Fsp3) is 0.429. The molecule has 0 amide bonds. The normalized spacial score (nSPS) is 14.1. The maximum Gasteiger partial charge on any atom is 0.147 e. The number of likely N-dealkylation sites (N-methyl/N-ethyl adjacent to an activating group) is 1. The van der Waals surface area contributed by atoms with Gasteiger partial charge in [-0.15, -0.1) is 0 Å². The SMILES string of the molecule is CN(C)CC(C)(O)CNc1snc(N)c1-c1ccncc1. The number of hydrogen-bond acceptors (Lipinski definition) is 7. The maximum atomic E-state index is 10.4. The van der Waals surface area contributed by atoms with E-state index in [0.29, 0.717) is 18.9 Å². The van der Waals surface area contributed by atoms with Crippen LogP contribution in [0.4, 0.5) is 10.8 Å². The number of rotatable bonds is 6. The summed E-state index contributed by atoms with van der Waals surface area (Å²) in [6, 6.07) is 3.78. The zero-order chi connectivity index (χ0) is 15.5. The summed E-state index contributed by atoms with van der Waals surface area (Å²) >= 11 is 1.30. The van der Waals surface area contributed by atoms with Gasteiger partial charge in [-0.2, -0.15) is 4.37 Å². The van der Waals surface area contributed by atoms with Crippen LogP contribution < -0.4 is 11.1 Å². The van der Waals surface area contributed by atoms with E-state index in [2.05, 4.69) is 14.7 Å². The zero-order valence-electron chi connectivity index (χ0n) is 12.5. The van der Waals surface area contributed by atoms with Gasteiger partial charge in [0.1, 0.15) is 10.8 Å². The molecule has 0 aliphatic heterocycles. The Hall–Kier alpha value is -1.70. The Bertz CT molecular complexity index is 582. The molecule has 0 aromatic carbocycles. The molecule has 0 aliphatic carbocycles. The summed E-state index contributed by atoms with van der Waals surface area (Å²) in [6.07, 6.45) is 3.44. The van der Waals surface area contributed by atoms with Crippen LogP contribution >= 0.6 is 11.5 Å². The van der Waals surface area contributed by atoms with E-state index in [1.165, 1.54) is 11.5 Å². The molecule has 21 heavy (non-hydrogen) atoms. The van der Waals surface area contributed by atoms with E-state index in [9.17, 15) is 5.11 Å². The predicted molar refractivity (Wildman–Crippen MR) is 87.4 cm³/mol. The van der Waals surface area contributed by atoms with Crippen molar-refractivity contribution in [1.29, 1.82) is 0 Å². The van der Waals surface area contributed by atoms with Gasteiger partial charge in [0.25, 0.3) is 0 Å². The number of aromatic nitrogens is 2. The van der Waals surface area contributed by atoms with Gasteiger partial charge >= 0.3 is 0 Å². The second-order valence-corrected chi connectivity index (χ2v) is 6.37. The third-order valence-corrected chi connectivity index (χ3v) is 3.79. The van der Waals surface area contributed by atoms with E-state index < -0.39 is 5.60 Å². The molecule has 0 aliphatic rings. The van der Waals surface area contributed by atoms with Gasteiger partial charge in [0.15, 0.2) is 0 Å². The highest BCUT2D eigenvalue weighted by Gasteiger charge is 2.23. The van der Waals surface area contributed by atoms with Crippen LogP contribution in [0.1, 0.15) is 6.92 Å². The average Bonchev–Trinajstić information content (AvgIpc) is 2.77. The van der Waals surface area contributed by atoms with Gasteiger partial charge in [-0.1, -0.05) is 0 Å². The monoisotopic (exact) mass is 307 g/mol. The van der Waals surface area contributed by atoms with E-state index in [1.807, 2.05) is 31.1 Å². The highest BCUT2D eigenvalue weighted by molar-refractivity contribution is 7.11. The standard InChI is InChI=1S/C14H21N5OS/c1-14(20,9-19(2)3)8-17-13-11(12(15)18-21-13)10-4-6-16-7-5-10/h4-7,17,20H,8-9H2,1-3H3,(H2,15,18). The minimum Gasteiger partial charge on any atom is -0.387 e. The Labute approximate surface area is 128 Å². The molecular formula is C14H21N5OS. The molecule has 1 atom stereocenters. The maximum absolute atomic E-state index is 10.4. The first-order chi connectivity index (χ1) is 9.89. The number of nitrogens with zero attached hydrogens (tertiary/aromatic N) is 3. The van der Waals surface area contributed by atoms with Crippen LogP contribution in [-0.2, 0) is 0 Å². The Morgan fingerprint density at radius 1 is 1.38 bits per heavy atom. The molecule has 0 saturated carbocycles. The predicted octanol–water partition coefficient (Wildman–Crippen LogP) is 1.51. The fourth-order valence-electron chi connectivity index (χ4n) is 2.23. The summed E-state index contributed by atoms with van der Waals surface area (Å²) in [5.41, 5.74) is 6.95. The largest absolute Gasteiger partial charge is 0.387 e. The second kappa shape index (κ2) is 6.38. The first-order valence-electron chi connectivity index (χ1n) is 6.65. The van der Waals surface area contributed by atoms with E-state index in [4.69, 9.17) is 5.73 Å². The van der Waals surface area contributed by atoms with E-state index in [-0.39, 0.29) is 0 Å². The van der Waals surface area contributed by atoms with Crippen LogP contribution in [0.15, 0.2) is 24.5 Å². The second-order valence-electron chi connectivity index (χ2n) is 5.60. The summed E-state index contributed by atoms with van der Waals surface area (Å²) in [7, 11) is 3.86. The van der Waals surface area contributed by atoms with Crippen molar-refractivity contribution in [3.63, 3.8) is 0 Å². The summed E-state index contributed by atoms with van der Waals surface area (Å²) in [4.78, 5) is 5.96. The number of nitrogen functional groups attached to an aromatic ring is 1. The van der Waals surface area contributed by atoms with E-state index >= 15 is 0 Å². The molecule has 7 heteroatoms. The minimum atomic E-state index is -0.836. The number of nitrogens with one attached hydrogen (secondary N) is 1. The van der Waals surface area contributed by atoms with E-state index in [0.717, 1.165) is 16.1 Å². The first-order valence-corrected chi connectivity index (χ1v) is 7.43. The lowest BCUT2D eigenvalue weighted by Gasteiger charge is -2.27. The molecule has 0 bridgehead atoms. The molecule has 0 spiro atoms. The first kappa shape index (κ1) is 15.7. The van der Waals surface area contributed by atoms with Crippen molar-refractivity contribution in [3.05, 3.63) is 24.5 Å². The number of aliphatic hydroxyl groups is 1. The zero-order valence-corrected chi connectivity index (χ0v) is 13.3. The smallest absolute Gasteiger partial charge is 0.147 e. The van der Waals surface area contributed by atoms with Crippen LogP contribution in [0.25, 0.3) is 11.1 Å². The molecule has 114 valence electrons. The van der Waals surface area contributed by atoms with Crippen molar-refractivity contribution in [3.8, 4) is 11.1 Å². The van der Waals surface area contributed by atoms with Crippen molar-refractivity contribution in [2.45, 2.75) is 12.5 Å². The number of hydrogen-bond donors (Lipinski definition) is 3. The summed E-state index contributed by atoms with van der Waals surface area (Å²) in [5, 5.41) is 14.5. The molecule has 0 fully saturated rings. The van der Waals surface area contributed by atoms with Crippen LogP contribution in [0.5, 0.6) is 0 Å². The summed E-state index contributed by atoms with van der Waals surface area (Å²) in [6.45, 7) is 2.79. The summed E-state index contributed by atoms with van der Waals surface area (Å²) < 4.78 is 4.20. The van der Waals surface area contributed by atoms with Crippen LogP contribution in [0, 0.1) is 0 Å². The van der Waals surface area contributed by atoms with Crippen molar-refractivity contribution in [2.75, 3.05) is 38.2 Å². The number of nitrogens with two attached hydrogens (primary N) is 1. The quantitative estimate of drug-likeness (QED) is 0.750. The lowest BCUT2D eigenvalue weighted by molar-refractivity contribution is 0.0460. The van der Waals surface area contributed by atoms with Crippen LogP contribution in [0.2, 0.25) is 0 Å². The lowest BCUT2D eigenvalue weighted by atomic mass is 10.1. The molecule has 6 nitrogen and oxygen atoms in total. The van der Waals surface area contributed by atoms with Crippen molar-refractivity contribution < 1.29 is 5.11 Å². The van der Waals surface area contributed by atoms with Gasteiger partial charge in [0.05, 0.1) is 11.2 Å². The van der Waals surface area contributed by atoms with Gasteiger partial charge in [-0.3, -0.25) is 4.98 Å². The average molecular weight is 307 g/mol. The van der Waals surface area contributed by atoms with Crippen LogP contribution in [-0.4, -0.2) is 52.1 Å². The Morgan fingerprint density at radius 3 is 2.67 bits per heavy atom. The van der Waals surface area contributed by atoms with Gasteiger partial charge in [-0.05, 0) is 50.2 Å². The van der Waals surface area contributed by atoms with Gasteiger partial charge in [0, 0.05) is 25.5 Å². The Kier molecular flexibility index (Phi) is 4.76. The van der Waals surface area contributed by atoms with Crippen molar-refractivity contribution in [1.82, 2.24) is 14.3 Å². The van der Waals surface area contributed by atoms with Gasteiger partial charge in [0.2, 0.25) is 0 Å². The Balaban J connectivity index is 2.16. The summed E-state index contributed by atoms with van der Waals surface area (Å²) in [5.74, 6) is 0.487. The lowest BCUT2D eigenvalue weighted by Crippen LogP contribution is -2.42. The van der Waals surface area contributed by atoms with E-state index in [1.54, 1.807) is 19.3 Å². The van der Waals surface area contributed by atoms with Crippen molar-refractivity contribution >= 4 is 22.4 Å². The molecule has 0 radical (unpaired) electrons. The molecule has 1 unspecified atom stereocenters.